The van der Waals surface area contributed by atoms with Gasteiger partial charge in [0.2, 0.25) is 0 Å². The van der Waals surface area contributed by atoms with Crippen LogP contribution in [0.3, 0.4) is 0 Å². The number of esters is 1. The third-order valence-electron chi connectivity index (χ3n) is 7.76. The maximum absolute atomic E-state index is 12.5. The number of fused-ring (bicyclic) bond motifs is 2. The molecule has 6 heteroatoms. The highest BCUT2D eigenvalue weighted by molar-refractivity contribution is 6.99. The second-order valence-electron chi connectivity index (χ2n) is 11.7. The highest BCUT2D eigenvalue weighted by atomic mass is 28.4. The molecule has 0 spiro atoms. The van der Waals surface area contributed by atoms with Crippen LogP contribution in [0.2, 0.25) is 5.04 Å². The quantitative estimate of drug-likeness (QED) is 0.252. The third kappa shape index (κ3) is 5.48. The van der Waals surface area contributed by atoms with E-state index in [1.165, 1.54) is 10.4 Å². The Hall–Kier alpha value is -2.25. The zero-order valence-electron chi connectivity index (χ0n) is 23.2. The zero-order chi connectivity index (χ0) is 26.7. The van der Waals surface area contributed by atoms with Gasteiger partial charge in [-0.2, -0.15) is 0 Å². The van der Waals surface area contributed by atoms with E-state index in [0.717, 1.165) is 12.8 Å². The van der Waals surface area contributed by atoms with Gasteiger partial charge in [-0.3, -0.25) is 4.79 Å². The fraction of sp³-hybridized carbons (Fsp3) is 0.516. The first-order valence-corrected chi connectivity index (χ1v) is 15.4. The Bertz CT molecular complexity index is 1040. The molecule has 5 nitrogen and oxygen atoms in total. The summed E-state index contributed by atoms with van der Waals surface area (Å²) in [5, 5.41) is 2.45. The minimum absolute atomic E-state index is 0.0702. The van der Waals surface area contributed by atoms with Crippen LogP contribution in [-0.2, 0) is 23.4 Å². The van der Waals surface area contributed by atoms with Crippen LogP contribution in [0.1, 0.15) is 60.8 Å². The minimum Gasteiger partial charge on any atom is -0.466 e. The Morgan fingerprint density at radius 2 is 1.59 bits per heavy atom. The van der Waals surface area contributed by atoms with Gasteiger partial charge in [0.05, 0.1) is 18.8 Å². The molecule has 1 saturated heterocycles. The first-order chi connectivity index (χ1) is 17.5. The van der Waals surface area contributed by atoms with Crippen LogP contribution in [0.4, 0.5) is 0 Å². The molecule has 0 saturated carbocycles. The van der Waals surface area contributed by atoms with Gasteiger partial charge >= 0.3 is 5.97 Å². The smallest absolute Gasteiger partial charge is 0.311 e. The van der Waals surface area contributed by atoms with Crippen LogP contribution >= 0.6 is 0 Å². The van der Waals surface area contributed by atoms with E-state index >= 15 is 0 Å². The molecule has 2 aromatic carbocycles. The Labute approximate surface area is 223 Å². The average molecular weight is 523 g/mol. The van der Waals surface area contributed by atoms with Gasteiger partial charge in [-0.25, -0.2) is 0 Å². The maximum Gasteiger partial charge on any atom is 0.311 e. The molecule has 2 bridgehead atoms. The first-order valence-electron chi connectivity index (χ1n) is 13.5. The second kappa shape index (κ2) is 10.9. The lowest BCUT2D eigenvalue weighted by atomic mass is 9.76. The molecule has 0 radical (unpaired) electrons. The molecule has 0 aliphatic carbocycles. The largest absolute Gasteiger partial charge is 0.466 e. The summed E-state index contributed by atoms with van der Waals surface area (Å²) < 4.78 is 25.4. The van der Waals surface area contributed by atoms with Crippen molar-refractivity contribution in [2.45, 2.75) is 83.8 Å². The fourth-order valence-corrected chi connectivity index (χ4v) is 10.4. The van der Waals surface area contributed by atoms with Crippen molar-refractivity contribution < 1.29 is 23.4 Å². The minimum atomic E-state index is -2.62. The molecule has 2 aromatic rings. The molecule has 0 aromatic heterocycles. The maximum atomic E-state index is 12.5. The lowest BCUT2D eigenvalue weighted by Crippen LogP contribution is -2.66. The summed E-state index contributed by atoms with van der Waals surface area (Å²) in [5.74, 6) is -1.34. The predicted molar refractivity (Wildman–Crippen MR) is 149 cm³/mol. The van der Waals surface area contributed by atoms with E-state index in [4.69, 9.17) is 18.6 Å². The SMILES string of the molecule is CCOC(=O)C[C@]12O[C@@H](CCO[Si](c3ccccc3)(c3ccccc3)C(C)(C)C)C[C@H](C=CC1(C)C)O2. The van der Waals surface area contributed by atoms with E-state index < -0.39 is 19.5 Å². The van der Waals surface area contributed by atoms with Gasteiger partial charge in [-0.1, -0.05) is 107 Å². The standard InChI is InChI=1S/C31H42O5Si/c1-7-33-28(32)23-31-30(5,6)20-18-24(35-31)22-25(36-31)19-21-34-37(29(2,3)4,26-14-10-8-11-15-26)27-16-12-9-13-17-27/h8-18,20,24-25H,7,19,21-23H2,1-6H3/t24-,25-,31-/m0/s1. The van der Waals surface area contributed by atoms with Crippen molar-refractivity contribution in [3.05, 3.63) is 72.8 Å². The molecule has 200 valence electrons. The topological polar surface area (TPSA) is 54.0 Å². The zero-order valence-corrected chi connectivity index (χ0v) is 24.2. The molecule has 0 unspecified atom stereocenters. The fourth-order valence-electron chi connectivity index (χ4n) is 5.79. The molecule has 2 aliphatic heterocycles. The number of carbonyl (C=O) groups is 1. The molecular formula is C31H42O5Si. The highest BCUT2D eigenvalue weighted by Crippen LogP contribution is 2.48. The van der Waals surface area contributed by atoms with E-state index in [2.05, 4.69) is 107 Å². The monoisotopic (exact) mass is 522 g/mol. The average Bonchev–Trinajstić information content (AvgIpc) is 2.85. The van der Waals surface area contributed by atoms with Crippen molar-refractivity contribution in [2.24, 2.45) is 5.41 Å². The van der Waals surface area contributed by atoms with Gasteiger partial charge in [0.1, 0.15) is 6.42 Å². The highest BCUT2D eigenvalue weighted by Gasteiger charge is 2.56. The number of hydrogen-bond acceptors (Lipinski definition) is 5. The summed E-state index contributed by atoms with van der Waals surface area (Å²) in [4.78, 5) is 12.5. The molecular weight excluding hydrogens is 480 g/mol. The van der Waals surface area contributed by atoms with E-state index in [9.17, 15) is 4.79 Å². The summed E-state index contributed by atoms with van der Waals surface area (Å²) >= 11 is 0. The van der Waals surface area contributed by atoms with Crippen molar-refractivity contribution in [3.8, 4) is 0 Å². The van der Waals surface area contributed by atoms with Gasteiger partial charge in [0.25, 0.3) is 8.32 Å². The lowest BCUT2D eigenvalue weighted by molar-refractivity contribution is -0.351. The Balaban J connectivity index is 1.59. The van der Waals surface area contributed by atoms with E-state index in [1.54, 1.807) is 0 Å². The van der Waals surface area contributed by atoms with Gasteiger partial charge in [-0.05, 0) is 28.8 Å². The van der Waals surface area contributed by atoms with Gasteiger partial charge in [0.15, 0.2) is 5.79 Å². The summed E-state index contributed by atoms with van der Waals surface area (Å²) in [6.45, 7) is 13.7. The van der Waals surface area contributed by atoms with Crippen LogP contribution in [0.25, 0.3) is 0 Å². The summed E-state index contributed by atoms with van der Waals surface area (Å²) in [7, 11) is -2.62. The Morgan fingerprint density at radius 1 is 1.00 bits per heavy atom. The number of benzene rings is 2. The normalized spacial score (nSPS) is 25.0. The molecule has 37 heavy (non-hydrogen) atoms. The molecule has 4 rings (SSSR count). The van der Waals surface area contributed by atoms with E-state index in [0.29, 0.717) is 13.2 Å². The second-order valence-corrected chi connectivity index (χ2v) is 16.1. The van der Waals surface area contributed by atoms with E-state index in [1.807, 2.05) is 6.92 Å². The number of carbonyl (C=O) groups excluding carboxylic acids is 1. The van der Waals surface area contributed by atoms with E-state index in [-0.39, 0.29) is 29.6 Å². The van der Waals surface area contributed by atoms with Crippen molar-refractivity contribution in [1.82, 2.24) is 0 Å². The molecule has 0 amide bonds. The van der Waals surface area contributed by atoms with Crippen molar-refractivity contribution >= 4 is 24.7 Å². The Morgan fingerprint density at radius 3 is 2.14 bits per heavy atom. The van der Waals surface area contributed by atoms with Crippen molar-refractivity contribution in [2.75, 3.05) is 13.2 Å². The van der Waals surface area contributed by atoms with Crippen LogP contribution in [0.5, 0.6) is 0 Å². The van der Waals surface area contributed by atoms with Crippen molar-refractivity contribution in [1.29, 1.82) is 0 Å². The third-order valence-corrected chi connectivity index (χ3v) is 12.8. The summed E-state index contributed by atoms with van der Waals surface area (Å²) in [5.41, 5.74) is -0.465. The van der Waals surface area contributed by atoms with Crippen LogP contribution in [0, 0.1) is 5.41 Å². The number of ether oxygens (including phenoxy) is 3. The van der Waals surface area contributed by atoms with Gasteiger partial charge in [0, 0.05) is 18.4 Å². The lowest BCUT2D eigenvalue weighted by Gasteiger charge is -2.53. The van der Waals surface area contributed by atoms with Crippen molar-refractivity contribution in [3.63, 3.8) is 0 Å². The van der Waals surface area contributed by atoms with Crippen LogP contribution in [0.15, 0.2) is 72.8 Å². The molecule has 2 aliphatic rings. The molecule has 2 heterocycles. The van der Waals surface area contributed by atoms with Gasteiger partial charge < -0.3 is 18.6 Å². The summed E-state index contributed by atoms with van der Waals surface area (Å²) in [6.07, 6.45) is 5.59. The Kier molecular flexibility index (Phi) is 8.15. The van der Waals surface area contributed by atoms with Crippen LogP contribution in [-0.4, -0.2) is 45.5 Å². The molecule has 0 N–H and O–H groups in total. The number of rotatable bonds is 9. The molecule has 1 fully saturated rings. The number of hydrogen-bond donors (Lipinski definition) is 0. The first kappa shape index (κ1) is 27.8. The van der Waals surface area contributed by atoms with Gasteiger partial charge in [-0.15, -0.1) is 0 Å². The summed E-state index contributed by atoms with van der Waals surface area (Å²) in [6, 6.07) is 21.4. The molecule has 3 atom stereocenters. The predicted octanol–water partition coefficient (Wildman–Crippen LogP) is 5.37. The van der Waals surface area contributed by atoms with Crippen LogP contribution < -0.4 is 10.4 Å².